The Kier molecular flexibility index (Phi) is 5.07. The molecule has 1 amide bonds. The molecule has 0 aliphatic rings. The van der Waals surface area contributed by atoms with Crippen molar-refractivity contribution in [1.82, 2.24) is 0 Å². The molecule has 0 atom stereocenters. The molecule has 0 spiro atoms. The van der Waals surface area contributed by atoms with Crippen LogP contribution < -0.4 is 10.1 Å². The van der Waals surface area contributed by atoms with Crippen LogP contribution in [0.4, 0.5) is 5.69 Å². The summed E-state index contributed by atoms with van der Waals surface area (Å²) in [5.74, 6) is 1.35. The maximum absolute atomic E-state index is 12.3. The van der Waals surface area contributed by atoms with Crippen molar-refractivity contribution in [3.63, 3.8) is 0 Å². The van der Waals surface area contributed by atoms with Crippen molar-refractivity contribution in [2.45, 2.75) is 6.61 Å². The number of aliphatic hydroxyl groups is 1. The summed E-state index contributed by atoms with van der Waals surface area (Å²) in [7, 11) is 1.56. The smallest absolute Gasteiger partial charge is 0.255 e. The minimum atomic E-state index is -0.247. The first kappa shape index (κ1) is 17.1. The largest absolute Gasteiger partial charge is 0.496 e. The molecule has 2 aromatic carbocycles. The quantitative estimate of drug-likeness (QED) is 0.712. The molecule has 25 heavy (non-hydrogen) atoms. The highest BCUT2D eigenvalue weighted by Gasteiger charge is 2.13. The van der Waals surface area contributed by atoms with Gasteiger partial charge in [-0.3, -0.25) is 4.79 Å². The third kappa shape index (κ3) is 3.84. The van der Waals surface area contributed by atoms with Gasteiger partial charge in [-0.1, -0.05) is 11.6 Å². The lowest BCUT2D eigenvalue weighted by molar-refractivity contribution is 0.102. The van der Waals surface area contributed by atoms with Crippen LogP contribution in [-0.2, 0) is 6.61 Å². The molecule has 1 heterocycles. The Morgan fingerprint density at radius 1 is 1.16 bits per heavy atom. The summed E-state index contributed by atoms with van der Waals surface area (Å²) < 4.78 is 10.9. The van der Waals surface area contributed by atoms with Crippen LogP contribution in [0.25, 0.3) is 11.3 Å². The predicted molar refractivity (Wildman–Crippen MR) is 96.0 cm³/mol. The summed E-state index contributed by atoms with van der Waals surface area (Å²) in [5.41, 5.74) is 1.77. The monoisotopic (exact) mass is 357 g/mol. The highest BCUT2D eigenvalue weighted by atomic mass is 35.5. The van der Waals surface area contributed by atoms with Crippen LogP contribution in [0.2, 0.25) is 5.02 Å². The van der Waals surface area contributed by atoms with E-state index in [9.17, 15) is 4.79 Å². The zero-order valence-corrected chi connectivity index (χ0v) is 14.2. The first-order valence-corrected chi connectivity index (χ1v) is 7.93. The molecule has 0 aliphatic heterocycles. The standard InChI is InChI=1S/C19H16ClNO4/c1-24-17-8-6-14(10-16(17)18-9-7-15(11-22)25-18)21-19(23)12-2-4-13(20)5-3-12/h2-10,22H,11H2,1H3,(H,21,23). The molecule has 3 rings (SSSR count). The van der Waals surface area contributed by atoms with Gasteiger partial charge in [-0.05, 0) is 54.6 Å². The molecule has 128 valence electrons. The second-order valence-electron chi connectivity index (χ2n) is 5.30. The first-order chi connectivity index (χ1) is 12.1. The van der Waals surface area contributed by atoms with Crippen LogP contribution in [0.1, 0.15) is 16.1 Å². The van der Waals surface area contributed by atoms with Crippen molar-refractivity contribution < 1.29 is 19.1 Å². The Balaban J connectivity index is 1.88. The molecule has 5 nitrogen and oxygen atoms in total. The highest BCUT2D eigenvalue weighted by Crippen LogP contribution is 2.34. The molecular weight excluding hydrogens is 342 g/mol. The lowest BCUT2D eigenvalue weighted by Crippen LogP contribution is -2.11. The average molecular weight is 358 g/mol. The number of furan rings is 1. The minimum absolute atomic E-state index is 0.185. The molecule has 0 saturated carbocycles. The number of benzene rings is 2. The molecule has 0 aliphatic carbocycles. The summed E-state index contributed by atoms with van der Waals surface area (Å²) in [4.78, 5) is 12.3. The summed E-state index contributed by atoms with van der Waals surface area (Å²) >= 11 is 5.84. The van der Waals surface area contributed by atoms with E-state index in [-0.39, 0.29) is 12.5 Å². The molecule has 0 bridgehead atoms. The van der Waals surface area contributed by atoms with Crippen LogP contribution in [0.3, 0.4) is 0 Å². The van der Waals surface area contributed by atoms with Gasteiger partial charge in [-0.15, -0.1) is 0 Å². The number of ether oxygens (including phenoxy) is 1. The van der Waals surface area contributed by atoms with Crippen LogP contribution in [0.15, 0.2) is 59.0 Å². The van der Waals surface area contributed by atoms with Crippen LogP contribution in [-0.4, -0.2) is 18.1 Å². The highest BCUT2D eigenvalue weighted by molar-refractivity contribution is 6.30. The third-order valence-electron chi connectivity index (χ3n) is 3.65. The molecule has 3 aromatic rings. The second kappa shape index (κ2) is 7.42. The van der Waals surface area contributed by atoms with Gasteiger partial charge < -0.3 is 19.6 Å². The van der Waals surface area contributed by atoms with E-state index < -0.39 is 0 Å². The number of carbonyl (C=O) groups is 1. The van der Waals surface area contributed by atoms with Crippen LogP contribution >= 0.6 is 11.6 Å². The van der Waals surface area contributed by atoms with Gasteiger partial charge >= 0.3 is 0 Å². The van der Waals surface area contributed by atoms with Gasteiger partial charge in [-0.25, -0.2) is 0 Å². The number of amides is 1. The van der Waals surface area contributed by atoms with Crippen molar-refractivity contribution in [2.75, 3.05) is 12.4 Å². The third-order valence-corrected chi connectivity index (χ3v) is 3.90. The minimum Gasteiger partial charge on any atom is -0.496 e. The number of halogens is 1. The molecule has 0 radical (unpaired) electrons. The first-order valence-electron chi connectivity index (χ1n) is 7.55. The fraction of sp³-hybridized carbons (Fsp3) is 0.105. The normalized spacial score (nSPS) is 10.5. The number of nitrogens with one attached hydrogen (secondary N) is 1. The van der Waals surface area contributed by atoms with Gasteiger partial charge in [0.1, 0.15) is 23.9 Å². The van der Waals surface area contributed by atoms with Gasteiger partial charge in [0.05, 0.1) is 12.7 Å². The van der Waals surface area contributed by atoms with E-state index in [4.69, 9.17) is 25.9 Å². The topological polar surface area (TPSA) is 71.7 Å². The van der Waals surface area contributed by atoms with E-state index in [1.165, 1.54) is 0 Å². The van der Waals surface area contributed by atoms with Crippen molar-refractivity contribution in [1.29, 1.82) is 0 Å². The van der Waals surface area contributed by atoms with Crippen LogP contribution in [0.5, 0.6) is 5.75 Å². The Bertz CT molecular complexity index is 887. The molecule has 2 N–H and O–H groups in total. The molecular formula is C19H16ClNO4. The molecule has 0 unspecified atom stereocenters. The van der Waals surface area contributed by atoms with Crippen molar-refractivity contribution in [2.24, 2.45) is 0 Å². The number of methoxy groups -OCH3 is 1. The number of hydrogen-bond donors (Lipinski definition) is 2. The van der Waals surface area contributed by atoms with E-state index >= 15 is 0 Å². The van der Waals surface area contributed by atoms with Gasteiger partial charge in [0.2, 0.25) is 0 Å². The van der Waals surface area contributed by atoms with E-state index in [0.717, 1.165) is 0 Å². The van der Waals surface area contributed by atoms with Crippen molar-refractivity contribution in [3.8, 4) is 17.1 Å². The number of anilines is 1. The number of rotatable bonds is 5. The van der Waals surface area contributed by atoms with Gasteiger partial charge in [-0.2, -0.15) is 0 Å². The number of aliphatic hydroxyl groups excluding tert-OH is 1. The average Bonchev–Trinajstić information content (AvgIpc) is 3.11. The maximum atomic E-state index is 12.3. The Hall–Kier alpha value is -2.76. The second-order valence-corrected chi connectivity index (χ2v) is 5.74. The van der Waals surface area contributed by atoms with E-state index in [2.05, 4.69) is 5.32 Å². The Morgan fingerprint density at radius 2 is 1.92 bits per heavy atom. The number of hydrogen-bond acceptors (Lipinski definition) is 4. The SMILES string of the molecule is COc1ccc(NC(=O)c2ccc(Cl)cc2)cc1-c1ccc(CO)o1. The summed E-state index contributed by atoms with van der Waals surface area (Å²) in [6.45, 7) is -0.185. The van der Waals surface area contributed by atoms with Gasteiger partial charge in [0, 0.05) is 16.3 Å². The summed E-state index contributed by atoms with van der Waals surface area (Å²) in [6, 6.07) is 15.3. The molecule has 6 heteroatoms. The van der Waals surface area contributed by atoms with E-state index in [1.54, 1.807) is 61.7 Å². The van der Waals surface area contributed by atoms with Gasteiger partial charge in [0.25, 0.3) is 5.91 Å². The zero-order chi connectivity index (χ0) is 17.8. The van der Waals surface area contributed by atoms with Crippen molar-refractivity contribution in [3.05, 3.63) is 70.9 Å². The van der Waals surface area contributed by atoms with Gasteiger partial charge in [0.15, 0.2) is 0 Å². The lowest BCUT2D eigenvalue weighted by Gasteiger charge is -2.10. The fourth-order valence-corrected chi connectivity index (χ4v) is 2.52. The molecule has 0 fully saturated rings. The zero-order valence-electron chi connectivity index (χ0n) is 13.5. The van der Waals surface area contributed by atoms with E-state index in [0.29, 0.717) is 39.1 Å². The summed E-state index contributed by atoms with van der Waals surface area (Å²) in [5, 5.41) is 12.6. The fourth-order valence-electron chi connectivity index (χ4n) is 2.39. The van der Waals surface area contributed by atoms with Crippen molar-refractivity contribution >= 4 is 23.2 Å². The lowest BCUT2D eigenvalue weighted by atomic mass is 10.1. The Morgan fingerprint density at radius 3 is 2.56 bits per heavy atom. The summed E-state index contributed by atoms with van der Waals surface area (Å²) in [6.07, 6.45) is 0. The molecule has 1 aromatic heterocycles. The predicted octanol–water partition coefficient (Wildman–Crippen LogP) is 4.35. The molecule has 0 saturated heterocycles. The number of carbonyl (C=O) groups excluding carboxylic acids is 1. The maximum Gasteiger partial charge on any atom is 0.255 e. The Labute approximate surface area is 149 Å². The van der Waals surface area contributed by atoms with Crippen LogP contribution in [0, 0.1) is 0 Å². The van der Waals surface area contributed by atoms with E-state index in [1.807, 2.05) is 0 Å².